The van der Waals surface area contributed by atoms with E-state index in [0.717, 1.165) is 3.57 Å². The van der Waals surface area contributed by atoms with E-state index in [9.17, 15) is 4.79 Å². The SMILES string of the molecule is CCOC(=O)c1cc(I)cnc1NC. The topological polar surface area (TPSA) is 51.2 Å². The molecule has 0 aliphatic rings. The van der Waals surface area contributed by atoms with E-state index in [2.05, 4.69) is 32.9 Å². The fourth-order valence-corrected chi connectivity index (χ4v) is 1.45. The summed E-state index contributed by atoms with van der Waals surface area (Å²) < 4.78 is 5.81. The molecule has 1 aromatic heterocycles. The smallest absolute Gasteiger partial charge is 0.341 e. The Morgan fingerprint density at radius 2 is 2.43 bits per heavy atom. The molecular formula is C9H11IN2O2. The Morgan fingerprint density at radius 3 is 3.00 bits per heavy atom. The zero-order valence-corrected chi connectivity index (χ0v) is 10.2. The zero-order valence-electron chi connectivity index (χ0n) is 8.00. The number of esters is 1. The number of carbonyl (C=O) groups is 1. The lowest BCUT2D eigenvalue weighted by Crippen LogP contribution is -2.09. The molecule has 0 spiro atoms. The van der Waals surface area contributed by atoms with Crippen LogP contribution in [0.1, 0.15) is 17.3 Å². The summed E-state index contributed by atoms with van der Waals surface area (Å²) in [5.74, 6) is 0.201. The molecule has 0 saturated carbocycles. The van der Waals surface area contributed by atoms with Crippen molar-refractivity contribution in [2.75, 3.05) is 19.0 Å². The molecule has 1 aromatic rings. The summed E-state index contributed by atoms with van der Waals surface area (Å²) in [5.41, 5.74) is 0.473. The second-order valence-electron chi connectivity index (χ2n) is 2.52. The Bertz CT molecular complexity index is 342. The number of pyridine rings is 1. The number of anilines is 1. The number of carbonyl (C=O) groups excluding carboxylic acids is 1. The molecule has 0 unspecified atom stereocenters. The van der Waals surface area contributed by atoms with Gasteiger partial charge in [0.25, 0.3) is 0 Å². The van der Waals surface area contributed by atoms with Crippen LogP contribution >= 0.6 is 22.6 Å². The predicted octanol–water partition coefficient (Wildman–Crippen LogP) is 1.90. The maximum atomic E-state index is 11.5. The van der Waals surface area contributed by atoms with Crippen molar-refractivity contribution in [1.29, 1.82) is 0 Å². The summed E-state index contributed by atoms with van der Waals surface area (Å²) in [4.78, 5) is 15.6. The maximum Gasteiger partial charge on any atom is 0.341 e. The van der Waals surface area contributed by atoms with Gasteiger partial charge in [-0.15, -0.1) is 0 Å². The lowest BCUT2D eigenvalue weighted by molar-refractivity contribution is 0.0527. The summed E-state index contributed by atoms with van der Waals surface area (Å²) in [6, 6.07) is 1.75. The number of nitrogens with one attached hydrogen (secondary N) is 1. The average Bonchev–Trinajstić information content (AvgIpc) is 2.18. The Kier molecular flexibility index (Phi) is 4.12. The molecular weight excluding hydrogens is 295 g/mol. The van der Waals surface area contributed by atoms with Crippen LogP contribution in [0.15, 0.2) is 12.3 Å². The molecule has 1 N–H and O–H groups in total. The van der Waals surface area contributed by atoms with Crippen molar-refractivity contribution < 1.29 is 9.53 Å². The van der Waals surface area contributed by atoms with Crippen molar-refractivity contribution in [3.05, 3.63) is 21.4 Å². The van der Waals surface area contributed by atoms with Crippen LogP contribution in [0.4, 0.5) is 5.82 Å². The van der Waals surface area contributed by atoms with E-state index in [-0.39, 0.29) is 5.97 Å². The first-order valence-corrected chi connectivity index (χ1v) is 5.27. The highest BCUT2D eigenvalue weighted by molar-refractivity contribution is 14.1. The van der Waals surface area contributed by atoms with Gasteiger partial charge in [0.05, 0.1) is 6.61 Å². The summed E-state index contributed by atoms with van der Waals surface area (Å²) >= 11 is 2.10. The van der Waals surface area contributed by atoms with Crippen LogP contribution in [0.3, 0.4) is 0 Å². The Morgan fingerprint density at radius 1 is 1.71 bits per heavy atom. The number of rotatable bonds is 3. The number of hydrogen-bond donors (Lipinski definition) is 1. The molecule has 0 aromatic carbocycles. The number of ether oxygens (including phenoxy) is 1. The normalized spacial score (nSPS) is 9.64. The molecule has 1 heterocycles. The van der Waals surface area contributed by atoms with Gasteiger partial charge in [-0.05, 0) is 35.6 Å². The highest BCUT2D eigenvalue weighted by atomic mass is 127. The fourth-order valence-electron chi connectivity index (χ4n) is 1.00. The van der Waals surface area contributed by atoms with Crippen LogP contribution < -0.4 is 5.32 Å². The highest BCUT2D eigenvalue weighted by Gasteiger charge is 2.13. The summed E-state index contributed by atoms with van der Waals surface area (Å²) in [7, 11) is 1.72. The standard InChI is InChI=1S/C9H11IN2O2/c1-3-14-9(13)7-4-6(10)5-12-8(7)11-2/h4-5H,3H2,1-2H3,(H,11,12). The lowest BCUT2D eigenvalue weighted by Gasteiger charge is -2.07. The van der Waals surface area contributed by atoms with Gasteiger partial charge in [-0.25, -0.2) is 9.78 Å². The van der Waals surface area contributed by atoms with E-state index in [4.69, 9.17) is 4.74 Å². The predicted molar refractivity (Wildman–Crippen MR) is 62.5 cm³/mol. The van der Waals surface area contributed by atoms with E-state index >= 15 is 0 Å². The van der Waals surface area contributed by atoms with E-state index in [1.165, 1.54) is 0 Å². The van der Waals surface area contributed by atoms with Crippen LogP contribution in [-0.4, -0.2) is 24.6 Å². The van der Waals surface area contributed by atoms with E-state index in [1.54, 1.807) is 26.2 Å². The Balaban J connectivity index is 3.03. The van der Waals surface area contributed by atoms with Gasteiger partial charge < -0.3 is 10.1 Å². The molecule has 76 valence electrons. The van der Waals surface area contributed by atoms with Crippen LogP contribution in [0.2, 0.25) is 0 Å². The third-order valence-corrected chi connectivity index (χ3v) is 2.18. The molecule has 0 bridgehead atoms. The lowest BCUT2D eigenvalue weighted by atomic mass is 10.2. The van der Waals surface area contributed by atoms with Crippen molar-refractivity contribution in [3.63, 3.8) is 0 Å². The molecule has 4 nitrogen and oxygen atoms in total. The van der Waals surface area contributed by atoms with Crippen molar-refractivity contribution in [3.8, 4) is 0 Å². The molecule has 0 aliphatic heterocycles. The van der Waals surface area contributed by atoms with Gasteiger partial charge in [0.15, 0.2) is 0 Å². The van der Waals surface area contributed by atoms with Gasteiger partial charge in [-0.3, -0.25) is 0 Å². The first kappa shape index (κ1) is 11.2. The molecule has 5 heteroatoms. The minimum atomic E-state index is -0.345. The van der Waals surface area contributed by atoms with Gasteiger partial charge in [0, 0.05) is 16.8 Å². The summed E-state index contributed by atoms with van der Waals surface area (Å²) in [5, 5.41) is 2.85. The first-order valence-electron chi connectivity index (χ1n) is 4.19. The van der Waals surface area contributed by atoms with Crippen molar-refractivity contribution in [1.82, 2.24) is 4.98 Å². The Labute approximate surface area is 96.2 Å². The first-order chi connectivity index (χ1) is 6.69. The quantitative estimate of drug-likeness (QED) is 0.684. The number of aromatic nitrogens is 1. The van der Waals surface area contributed by atoms with E-state index < -0.39 is 0 Å². The summed E-state index contributed by atoms with van der Waals surface area (Å²) in [6.07, 6.45) is 1.69. The third kappa shape index (κ3) is 2.57. The number of nitrogens with zero attached hydrogens (tertiary/aromatic N) is 1. The van der Waals surface area contributed by atoms with Crippen molar-refractivity contribution in [2.45, 2.75) is 6.92 Å². The molecule has 0 radical (unpaired) electrons. The molecule has 0 saturated heterocycles. The van der Waals surface area contributed by atoms with Gasteiger partial charge in [-0.1, -0.05) is 0 Å². The van der Waals surface area contributed by atoms with Crippen LogP contribution in [0.25, 0.3) is 0 Å². The van der Waals surface area contributed by atoms with Gasteiger partial charge in [0.1, 0.15) is 11.4 Å². The van der Waals surface area contributed by atoms with Gasteiger partial charge in [-0.2, -0.15) is 0 Å². The fraction of sp³-hybridized carbons (Fsp3) is 0.333. The largest absolute Gasteiger partial charge is 0.462 e. The molecule has 14 heavy (non-hydrogen) atoms. The minimum Gasteiger partial charge on any atom is -0.462 e. The molecule has 0 fully saturated rings. The third-order valence-electron chi connectivity index (χ3n) is 1.59. The zero-order chi connectivity index (χ0) is 10.6. The summed E-state index contributed by atoms with van der Waals surface area (Å²) in [6.45, 7) is 2.14. The Hall–Kier alpha value is -0.850. The van der Waals surface area contributed by atoms with Gasteiger partial charge >= 0.3 is 5.97 Å². The maximum absolute atomic E-state index is 11.5. The van der Waals surface area contributed by atoms with Crippen LogP contribution in [-0.2, 0) is 4.74 Å². The van der Waals surface area contributed by atoms with Crippen LogP contribution in [0.5, 0.6) is 0 Å². The minimum absolute atomic E-state index is 0.345. The average molecular weight is 306 g/mol. The van der Waals surface area contributed by atoms with Crippen molar-refractivity contribution in [2.24, 2.45) is 0 Å². The molecule has 1 rings (SSSR count). The second-order valence-corrected chi connectivity index (χ2v) is 3.77. The van der Waals surface area contributed by atoms with Gasteiger partial charge in [0.2, 0.25) is 0 Å². The molecule has 0 amide bonds. The number of hydrogen-bond acceptors (Lipinski definition) is 4. The number of halogens is 1. The van der Waals surface area contributed by atoms with Crippen LogP contribution in [0, 0.1) is 3.57 Å². The molecule has 0 aliphatic carbocycles. The monoisotopic (exact) mass is 306 g/mol. The van der Waals surface area contributed by atoms with E-state index in [1.807, 2.05) is 0 Å². The molecule has 0 atom stereocenters. The highest BCUT2D eigenvalue weighted by Crippen LogP contribution is 2.16. The second kappa shape index (κ2) is 5.14. The van der Waals surface area contributed by atoms with Crippen molar-refractivity contribution >= 4 is 34.4 Å². The van der Waals surface area contributed by atoms with E-state index in [0.29, 0.717) is 18.0 Å².